The molecule has 3 heteroatoms. The molecule has 1 aliphatic heterocycles. The number of rotatable bonds is 3. The maximum atomic E-state index is 5.48. The molecule has 11 heavy (non-hydrogen) atoms. The van der Waals surface area contributed by atoms with E-state index >= 15 is 0 Å². The molecule has 1 fully saturated rings. The monoisotopic (exact) mass is 159 g/mol. The lowest BCUT2D eigenvalue weighted by molar-refractivity contribution is -0.185. The minimum atomic E-state index is 0.00213. The lowest BCUT2D eigenvalue weighted by Crippen LogP contribution is -2.28. The molecular weight excluding hydrogens is 142 g/mol. The predicted molar refractivity (Wildman–Crippen MR) is 43.1 cm³/mol. The molecule has 0 saturated carbocycles. The molecule has 1 atom stereocenters. The highest BCUT2D eigenvalue weighted by molar-refractivity contribution is 4.58. The van der Waals surface area contributed by atoms with Crippen LogP contribution in [0.5, 0.6) is 0 Å². The van der Waals surface area contributed by atoms with E-state index in [0.717, 1.165) is 26.1 Å². The van der Waals surface area contributed by atoms with Crippen LogP contribution in [0.4, 0.5) is 0 Å². The fraction of sp³-hybridized carbons (Fsp3) is 1.00. The Morgan fingerprint density at radius 1 is 1.45 bits per heavy atom. The molecule has 66 valence electrons. The molecule has 2 N–H and O–H groups in total. The first-order valence-corrected chi connectivity index (χ1v) is 4.26. The third-order valence-corrected chi connectivity index (χ3v) is 1.89. The van der Waals surface area contributed by atoms with Gasteiger partial charge in [0, 0.05) is 6.42 Å². The summed E-state index contributed by atoms with van der Waals surface area (Å²) in [6.45, 7) is 4.49. The summed E-state index contributed by atoms with van der Waals surface area (Å²) in [7, 11) is 0. The van der Waals surface area contributed by atoms with Crippen LogP contribution < -0.4 is 5.73 Å². The third-order valence-electron chi connectivity index (χ3n) is 1.89. The molecular formula is C8H17NO2. The molecule has 1 heterocycles. The van der Waals surface area contributed by atoms with E-state index < -0.39 is 0 Å². The summed E-state index contributed by atoms with van der Waals surface area (Å²) in [6.07, 6.45) is 1.95. The molecule has 0 amide bonds. The van der Waals surface area contributed by atoms with Gasteiger partial charge in [-0.1, -0.05) is 6.92 Å². The fourth-order valence-corrected chi connectivity index (χ4v) is 1.10. The molecule has 0 bridgehead atoms. The van der Waals surface area contributed by atoms with Crippen molar-refractivity contribution in [3.05, 3.63) is 0 Å². The van der Waals surface area contributed by atoms with Crippen LogP contribution in [0.2, 0.25) is 0 Å². The Kier molecular flexibility index (Phi) is 3.83. The lowest BCUT2D eigenvalue weighted by Gasteiger charge is -2.25. The van der Waals surface area contributed by atoms with Gasteiger partial charge in [0.1, 0.15) is 0 Å². The maximum Gasteiger partial charge on any atom is 0.157 e. The van der Waals surface area contributed by atoms with Gasteiger partial charge in [-0.05, 0) is 18.9 Å². The van der Waals surface area contributed by atoms with Gasteiger partial charge >= 0.3 is 0 Å². The van der Waals surface area contributed by atoms with Crippen LogP contribution in [0.3, 0.4) is 0 Å². The highest BCUT2D eigenvalue weighted by atomic mass is 16.7. The Hall–Kier alpha value is -0.120. The maximum absolute atomic E-state index is 5.48. The van der Waals surface area contributed by atoms with Crippen LogP contribution in [-0.2, 0) is 9.47 Å². The van der Waals surface area contributed by atoms with Crippen molar-refractivity contribution in [2.45, 2.75) is 26.1 Å². The molecule has 0 aromatic heterocycles. The second-order valence-corrected chi connectivity index (χ2v) is 3.10. The van der Waals surface area contributed by atoms with Gasteiger partial charge in [-0.2, -0.15) is 0 Å². The molecule has 0 aliphatic carbocycles. The van der Waals surface area contributed by atoms with E-state index in [9.17, 15) is 0 Å². The molecule has 1 rings (SSSR count). The zero-order valence-electron chi connectivity index (χ0n) is 7.08. The van der Waals surface area contributed by atoms with Crippen molar-refractivity contribution in [1.29, 1.82) is 0 Å². The summed E-state index contributed by atoms with van der Waals surface area (Å²) in [5, 5.41) is 0. The van der Waals surface area contributed by atoms with E-state index in [4.69, 9.17) is 15.2 Å². The zero-order valence-corrected chi connectivity index (χ0v) is 7.08. The predicted octanol–water partition coefficient (Wildman–Crippen LogP) is 0.734. The van der Waals surface area contributed by atoms with Crippen LogP contribution in [-0.4, -0.2) is 26.0 Å². The lowest BCUT2D eigenvalue weighted by atomic mass is 10.1. The molecule has 0 spiro atoms. The van der Waals surface area contributed by atoms with Crippen molar-refractivity contribution in [3.8, 4) is 0 Å². The smallest absolute Gasteiger partial charge is 0.157 e. The zero-order chi connectivity index (χ0) is 8.10. The Morgan fingerprint density at radius 3 is 2.64 bits per heavy atom. The van der Waals surface area contributed by atoms with Gasteiger partial charge in [0.05, 0.1) is 13.2 Å². The number of nitrogens with two attached hydrogens (primary N) is 1. The van der Waals surface area contributed by atoms with Crippen molar-refractivity contribution >= 4 is 0 Å². The quantitative estimate of drug-likeness (QED) is 0.660. The van der Waals surface area contributed by atoms with E-state index in [0.29, 0.717) is 12.5 Å². The first-order chi connectivity index (χ1) is 5.33. The van der Waals surface area contributed by atoms with E-state index in [2.05, 4.69) is 6.92 Å². The first kappa shape index (κ1) is 8.97. The number of hydrogen-bond acceptors (Lipinski definition) is 3. The third kappa shape index (κ3) is 3.18. The number of hydrogen-bond donors (Lipinski definition) is 1. The van der Waals surface area contributed by atoms with Gasteiger partial charge in [0.2, 0.25) is 0 Å². The second-order valence-electron chi connectivity index (χ2n) is 3.10. The van der Waals surface area contributed by atoms with Crippen LogP contribution >= 0.6 is 0 Å². The summed E-state index contributed by atoms with van der Waals surface area (Å²) < 4.78 is 10.7. The van der Waals surface area contributed by atoms with Crippen LogP contribution in [0, 0.1) is 5.92 Å². The standard InChI is InChI=1S/C8H17NO2/c1-7(6-9)5-8-10-3-2-4-11-8/h7-8H,2-6,9H2,1H3. The first-order valence-electron chi connectivity index (χ1n) is 4.26. The van der Waals surface area contributed by atoms with Gasteiger partial charge in [0.25, 0.3) is 0 Å². The van der Waals surface area contributed by atoms with Crippen LogP contribution in [0.15, 0.2) is 0 Å². The van der Waals surface area contributed by atoms with E-state index in [1.807, 2.05) is 0 Å². The van der Waals surface area contributed by atoms with Gasteiger partial charge < -0.3 is 15.2 Å². The van der Waals surface area contributed by atoms with E-state index in [-0.39, 0.29) is 6.29 Å². The highest BCUT2D eigenvalue weighted by Gasteiger charge is 2.16. The SMILES string of the molecule is CC(CN)CC1OCCCO1. The van der Waals surface area contributed by atoms with E-state index in [1.165, 1.54) is 0 Å². The molecule has 0 aromatic rings. The molecule has 1 unspecified atom stereocenters. The van der Waals surface area contributed by atoms with Gasteiger partial charge in [0.15, 0.2) is 6.29 Å². The molecule has 1 saturated heterocycles. The van der Waals surface area contributed by atoms with Gasteiger partial charge in [-0.25, -0.2) is 0 Å². The minimum absolute atomic E-state index is 0.00213. The molecule has 0 aromatic carbocycles. The summed E-state index contributed by atoms with van der Waals surface area (Å²) in [5.41, 5.74) is 5.48. The summed E-state index contributed by atoms with van der Waals surface area (Å²) in [5.74, 6) is 0.498. The van der Waals surface area contributed by atoms with Crippen molar-refractivity contribution < 1.29 is 9.47 Å². The summed E-state index contributed by atoms with van der Waals surface area (Å²) in [6, 6.07) is 0. The Balaban J connectivity index is 2.13. The average Bonchev–Trinajstić information content (AvgIpc) is 2.06. The van der Waals surface area contributed by atoms with Crippen LogP contribution in [0.25, 0.3) is 0 Å². The normalized spacial score (nSPS) is 23.5. The summed E-state index contributed by atoms with van der Waals surface area (Å²) >= 11 is 0. The summed E-state index contributed by atoms with van der Waals surface area (Å²) in [4.78, 5) is 0. The molecule has 1 aliphatic rings. The van der Waals surface area contributed by atoms with Crippen molar-refractivity contribution in [1.82, 2.24) is 0 Å². The van der Waals surface area contributed by atoms with Gasteiger partial charge in [-0.3, -0.25) is 0 Å². The van der Waals surface area contributed by atoms with Crippen molar-refractivity contribution in [3.63, 3.8) is 0 Å². The Bertz CT molecular complexity index is 102. The highest BCUT2D eigenvalue weighted by Crippen LogP contribution is 2.13. The van der Waals surface area contributed by atoms with E-state index in [1.54, 1.807) is 0 Å². The van der Waals surface area contributed by atoms with Gasteiger partial charge in [-0.15, -0.1) is 0 Å². The van der Waals surface area contributed by atoms with Crippen LogP contribution in [0.1, 0.15) is 19.8 Å². The Morgan fingerprint density at radius 2 is 2.09 bits per heavy atom. The van der Waals surface area contributed by atoms with Crippen molar-refractivity contribution in [2.24, 2.45) is 11.7 Å². The largest absolute Gasteiger partial charge is 0.353 e. The molecule has 0 radical (unpaired) electrons. The molecule has 3 nitrogen and oxygen atoms in total. The topological polar surface area (TPSA) is 44.5 Å². The fourth-order valence-electron chi connectivity index (χ4n) is 1.10. The van der Waals surface area contributed by atoms with Crippen molar-refractivity contribution in [2.75, 3.05) is 19.8 Å². The number of ether oxygens (including phenoxy) is 2. The minimum Gasteiger partial charge on any atom is -0.353 e. The average molecular weight is 159 g/mol. The Labute approximate surface area is 67.9 Å². The second kappa shape index (κ2) is 4.70.